The summed E-state index contributed by atoms with van der Waals surface area (Å²) in [7, 11) is 4.14. The van der Waals surface area contributed by atoms with Crippen LogP contribution in [0.5, 0.6) is 11.5 Å². The Balaban J connectivity index is 0.00000133. The van der Waals surface area contributed by atoms with Gasteiger partial charge in [-0.2, -0.15) is 0 Å². The van der Waals surface area contributed by atoms with E-state index in [4.69, 9.17) is 4.74 Å². The zero-order chi connectivity index (χ0) is 12.7. The molecule has 2 aliphatic rings. The van der Waals surface area contributed by atoms with Gasteiger partial charge in [-0.15, -0.1) is 0 Å². The minimum atomic E-state index is 0. The molecule has 0 amide bonds. The third kappa shape index (κ3) is 2.91. The number of ether oxygens (including phenoxy) is 1. The predicted molar refractivity (Wildman–Crippen MR) is 87.1 cm³/mol. The maximum Gasteiger partial charge on any atom is 0.143 e. The lowest BCUT2D eigenvalue weighted by Gasteiger charge is -2.13. The number of fused-ring (bicyclic) bond motifs is 1. The number of nitrogens with zero attached hydrogens (tertiary/aromatic N) is 1. The lowest BCUT2D eigenvalue weighted by molar-refractivity contribution is 0.390. The lowest BCUT2D eigenvalue weighted by atomic mass is 10.2. The second-order valence-corrected chi connectivity index (χ2v) is 6.02. The van der Waals surface area contributed by atoms with Gasteiger partial charge in [-0.1, -0.05) is 18.2 Å². The molecule has 2 aliphatic carbocycles. The lowest BCUT2D eigenvalue weighted by Crippen LogP contribution is -2.11. The SMILES string of the molecule is CN(C)Cc1ccccc1Oc1c2cc(I)cc1-2.N. The fraction of sp³-hybridized carbons (Fsp3) is 0.200. The third-order valence-corrected chi connectivity index (χ3v) is 3.58. The van der Waals surface area contributed by atoms with Crippen LogP contribution in [0.4, 0.5) is 0 Å². The van der Waals surface area contributed by atoms with Crippen LogP contribution in [-0.2, 0) is 6.54 Å². The van der Waals surface area contributed by atoms with Crippen LogP contribution in [0, 0.1) is 3.57 Å². The van der Waals surface area contributed by atoms with E-state index in [0.29, 0.717) is 0 Å². The molecule has 0 spiro atoms. The third-order valence-electron chi connectivity index (χ3n) is 2.95. The summed E-state index contributed by atoms with van der Waals surface area (Å²) in [6, 6.07) is 12.6. The smallest absolute Gasteiger partial charge is 0.143 e. The summed E-state index contributed by atoms with van der Waals surface area (Å²) < 4.78 is 7.29. The Labute approximate surface area is 127 Å². The first-order chi connectivity index (χ1) is 8.65. The van der Waals surface area contributed by atoms with E-state index in [1.54, 1.807) is 0 Å². The molecule has 0 aromatic heterocycles. The molecule has 0 bridgehead atoms. The Morgan fingerprint density at radius 3 is 2.37 bits per heavy atom. The summed E-state index contributed by atoms with van der Waals surface area (Å²) in [5.41, 5.74) is 3.75. The van der Waals surface area contributed by atoms with Crippen molar-refractivity contribution in [1.82, 2.24) is 11.1 Å². The molecule has 3 rings (SSSR count). The van der Waals surface area contributed by atoms with Crippen molar-refractivity contribution in [3.8, 4) is 22.6 Å². The molecule has 1 aromatic carbocycles. The summed E-state index contributed by atoms with van der Waals surface area (Å²) in [6.45, 7) is 0.894. The van der Waals surface area contributed by atoms with Gasteiger partial charge in [0.05, 0.1) is 0 Å². The number of rotatable bonds is 4. The molecule has 3 nitrogen and oxygen atoms in total. The van der Waals surface area contributed by atoms with Gasteiger partial charge >= 0.3 is 0 Å². The molecule has 19 heavy (non-hydrogen) atoms. The number of hydrogen-bond donors (Lipinski definition) is 1. The monoisotopic (exact) mass is 368 g/mol. The number of para-hydroxylation sites is 1. The largest absolute Gasteiger partial charge is 0.456 e. The summed E-state index contributed by atoms with van der Waals surface area (Å²) in [4.78, 5) is 2.15. The van der Waals surface area contributed by atoms with Gasteiger partial charge in [0.2, 0.25) is 0 Å². The summed E-state index contributed by atoms with van der Waals surface area (Å²) in [6.07, 6.45) is 0. The van der Waals surface area contributed by atoms with E-state index < -0.39 is 0 Å². The molecule has 3 N–H and O–H groups in total. The quantitative estimate of drug-likeness (QED) is 0.699. The van der Waals surface area contributed by atoms with E-state index in [-0.39, 0.29) is 6.15 Å². The minimum absolute atomic E-state index is 0. The van der Waals surface area contributed by atoms with Crippen LogP contribution >= 0.6 is 22.6 Å². The first-order valence-electron chi connectivity index (χ1n) is 5.89. The molecule has 0 saturated carbocycles. The molecule has 0 heterocycles. The fourth-order valence-electron chi connectivity index (χ4n) is 2.10. The maximum absolute atomic E-state index is 6.01. The maximum atomic E-state index is 6.01. The molecule has 0 radical (unpaired) electrons. The van der Waals surface area contributed by atoms with Crippen molar-refractivity contribution in [2.45, 2.75) is 6.54 Å². The predicted octanol–water partition coefficient (Wildman–Crippen LogP) is 4.29. The molecule has 4 heteroatoms. The van der Waals surface area contributed by atoms with Crippen molar-refractivity contribution in [3.63, 3.8) is 0 Å². The van der Waals surface area contributed by atoms with Gasteiger partial charge in [0.15, 0.2) is 0 Å². The Hall–Kier alpha value is -1.11. The van der Waals surface area contributed by atoms with E-state index in [2.05, 4.69) is 65.9 Å². The van der Waals surface area contributed by atoms with Crippen molar-refractivity contribution in [1.29, 1.82) is 0 Å². The van der Waals surface area contributed by atoms with Crippen LogP contribution in [0.1, 0.15) is 5.56 Å². The molecular formula is C15H17IN2O. The Morgan fingerprint density at radius 1 is 1.11 bits per heavy atom. The molecule has 0 saturated heterocycles. The highest BCUT2D eigenvalue weighted by atomic mass is 127. The summed E-state index contributed by atoms with van der Waals surface area (Å²) >= 11 is 2.33. The molecule has 0 fully saturated rings. The second kappa shape index (κ2) is 5.48. The average Bonchev–Trinajstić information content (AvgIpc) is 2.78. The van der Waals surface area contributed by atoms with Gasteiger partial charge in [-0.3, -0.25) is 0 Å². The van der Waals surface area contributed by atoms with Crippen molar-refractivity contribution >= 4 is 22.6 Å². The van der Waals surface area contributed by atoms with Crippen LogP contribution in [-0.4, -0.2) is 19.0 Å². The Morgan fingerprint density at radius 2 is 1.74 bits per heavy atom. The molecular weight excluding hydrogens is 351 g/mol. The average molecular weight is 368 g/mol. The highest BCUT2D eigenvalue weighted by Gasteiger charge is 2.28. The van der Waals surface area contributed by atoms with Crippen LogP contribution in [0.2, 0.25) is 0 Å². The van der Waals surface area contributed by atoms with E-state index in [0.717, 1.165) is 18.0 Å². The zero-order valence-electron chi connectivity index (χ0n) is 11.1. The zero-order valence-corrected chi connectivity index (χ0v) is 13.3. The normalized spacial score (nSPS) is 11.2. The van der Waals surface area contributed by atoms with Crippen LogP contribution in [0.25, 0.3) is 11.1 Å². The van der Waals surface area contributed by atoms with Crippen molar-refractivity contribution < 1.29 is 4.74 Å². The van der Waals surface area contributed by atoms with Gasteiger partial charge in [0.25, 0.3) is 0 Å². The first kappa shape index (κ1) is 14.3. The topological polar surface area (TPSA) is 47.5 Å². The second-order valence-electron chi connectivity index (χ2n) is 4.78. The van der Waals surface area contributed by atoms with E-state index in [1.807, 2.05) is 12.1 Å². The van der Waals surface area contributed by atoms with Crippen molar-refractivity contribution in [2.75, 3.05) is 14.1 Å². The molecule has 1 aromatic rings. The highest BCUT2D eigenvalue weighted by molar-refractivity contribution is 14.1. The molecule has 0 aliphatic heterocycles. The number of hydrogen-bond acceptors (Lipinski definition) is 3. The van der Waals surface area contributed by atoms with E-state index in [9.17, 15) is 0 Å². The van der Waals surface area contributed by atoms with Gasteiger partial charge < -0.3 is 15.8 Å². The fourth-order valence-corrected chi connectivity index (χ4v) is 2.72. The van der Waals surface area contributed by atoms with Crippen LogP contribution < -0.4 is 10.9 Å². The van der Waals surface area contributed by atoms with Crippen LogP contribution in [0.3, 0.4) is 0 Å². The van der Waals surface area contributed by atoms with Gasteiger partial charge in [0, 0.05) is 26.8 Å². The van der Waals surface area contributed by atoms with Crippen LogP contribution in [0.15, 0.2) is 36.4 Å². The van der Waals surface area contributed by atoms with Crippen molar-refractivity contribution in [2.24, 2.45) is 0 Å². The number of halogens is 1. The minimum Gasteiger partial charge on any atom is -0.456 e. The Bertz CT molecular complexity index is 588. The van der Waals surface area contributed by atoms with Gasteiger partial charge in [-0.25, -0.2) is 0 Å². The summed E-state index contributed by atoms with van der Waals surface area (Å²) in [5, 5.41) is 0. The van der Waals surface area contributed by atoms with Gasteiger partial charge in [-0.05, 0) is 54.9 Å². The molecule has 0 unspecified atom stereocenters. The first-order valence-corrected chi connectivity index (χ1v) is 6.97. The molecule has 0 atom stereocenters. The standard InChI is InChI=1S/C15H14INO.H3N/c1-17(2)9-10-5-3-4-6-14(10)18-15-12-7-11(16)8-13(12)15;/h3-8H,9H2,1-2H3;1H3. The summed E-state index contributed by atoms with van der Waals surface area (Å²) in [5.74, 6) is 2.01. The Kier molecular flexibility index (Phi) is 4.13. The highest BCUT2D eigenvalue weighted by Crippen LogP contribution is 2.54. The number of benzene rings is 2. The molecule has 100 valence electrons. The van der Waals surface area contributed by atoms with Gasteiger partial charge in [0.1, 0.15) is 11.5 Å². The van der Waals surface area contributed by atoms with E-state index in [1.165, 1.54) is 20.3 Å². The van der Waals surface area contributed by atoms with Crippen molar-refractivity contribution in [3.05, 3.63) is 45.5 Å². The van der Waals surface area contributed by atoms with E-state index >= 15 is 0 Å².